The third-order valence-corrected chi connectivity index (χ3v) is 4.25. The van der Waals surface area contributed by atoms with Gasteiger partial charge in [-0.1, -0.05) is 13.8 Å². The van der Waals surface area contributed by atoms with E-state index >= 15 is 0 Å². The monoisotopic (exact) mass is 301 g/mol. The lowest BCUT2D eigenvalue weighted by Gasteiger charge is -2.17. The molecule has 0 amide bonds. The molecule has 0 aliphatic heterocycles. The minimum absolute atomic E-state index is 0.0490. The molecule has 0 aromatic carbocycles. The van der Waals surface area contributed by atoms with Crippen molar-refractivity contribution in [2.45, 2.75) is 18.9 Å². The van der Waals surface area contributed by atoms with Crippen LogP contribution in [0.15, 0.2) is 23.4 Å². The average Bonchev–Trinajstić information content (AvgIpc) is 2.43. The number of hydrogen-bond donors (Lipinski definition) is 2. The average molecular weight is 301 g/mol. The SMILES string of the molecule is CCN(CC)CCNS(=O)(=O)c1ccc(C(=O)O)cn1. The second-order valence-corrected chi connectivity index (χ2v) is 5.83. The summed E-state index contributed by atoms with van der Waals surface area (Å²) in [5.74, 6) is -1.14. The van der Waals surface area contributed by atoms with Crippen molar-refractivity contribution in [3.8, 4) is 0 Å². The molecular weight excluding hydrogens is 282 g/mol. The van der Waals surface area contributed by atoms with Gasteiger partial charge in [0.05, 0.1) is 5.56 Å². The predicted molar refractivity (Wildman–Crippen MR) is 74.2 cm³/mol. The van der Waals surface area contributed by atoms with Gasteiger partial charge in [0.1, 0.15) is 0 Å². The Morgan fingerprint density at radius 3 is 2.45 bits per heavy atom. The number of carboxylic acids is 1. The number of aromatic nitrogens is 1. The van der Waals surface area contributed by atoms with Crippen LogP contribution in [0.3, 0.4) is 0 Å². The summed E-state index contributed by atoms with van der Waals surface area (Å²) in [6, 6.07) is 2.40. The summed E-state index contributed by atoms with van der Waals surface area (Å²) >= 11 is 0. The molecule has 0 saturated heterocycles. The van der Waals surface area contributed by atoms with E-state index < -0.39 is 16.0 Å². The number of nitrogens with one attached hydrogen (secondary N) is 1. The summed E-state index contributed by atoms with van der Waals surface area (Å²) in [7, 11) is -3.70. The van der Waals surface area contributed by atoms with Crippen molar-refractivity contribution in [3.63, 3.8) is 0 Å². The quantitative estimate of drug-likeness (QED) is 0.721. The number of carbonyl (C=O) groups is 1. The van der Waals surface area contributed by atoms with Crippen LogP contribution in [-0.2, 0) is 10.0 Å². The maximum atomic E-state index is 11.9. The number of pyridine rings is 1. The van der Waals surface area contributed by atoms with Gasteiger partial charge < -0.3 is 10.0 Å². The Balaban J connectivity index is 2.66. The highest BCUT2D eigenvalue weighted by Crippen LogP contribution is 2.06. The highest BCUT2D eigenvalue weighted by atomic mass is 32.2. The van der Waals surface area contributed by atoms with Gasteiger partial charge in [-0.15, -0.1) is 0 Å². The molecule has 1 rings (SSSR count). The van der Waals surface area contributed by atoms with Gasteiger partial charge >= 0.3 is 5.97 Å². The van der Waals surface area contributed by atoms with Gasteiger partial charge in [-0.05, 0) is 25.2 Å². The van der Waals surface area contributed by atoms with Crippen LogP contribution in [0, 0.1) is 0 Å². The van der Waals surface area contributed by atoms with E-state index in [9.17, 15) is 13.2 Å². The first-order chi connectivity index (χ1) is 9.40. The molecule has 0 atom stereocenters. The van der Waals surface area contributed by atoms with E-state index in [0.29, 0.717) is 6.54 Å². The normalized spacial score (nSPS) is 11.8. The minimum atomic E-state index is -3.70. The molecule has 1 aromatic rings. The molecule has 0 bridgehead atoms. The molecule has 112 valence electrons. The number of nitrogens with zero attached hydrogens (tertiary/aromatic N) is 2. The molecule has 1 heterocycles. The molecule has 20 heavy (non-hydrogen) atoms. The van der Waals surface area contributed by atoms with Gasteiger partial charge in [0, 0.05) is 19.3 Å². The standard InChI is InChI=1S/C12H19N3O4S/c1-3-15(4-2)8-7-14-20(18,19)11-6-5-10(9-13-11)12(16)17/h5-6,9,14H,3-4,7-8H2,1-2H3,(H,16,17). The first-order valence-electron chi connectivity index (χ1n) is 6.32. The van der Waals surface area contributed by atoms with Crippen LogP contribution < -0.4 is 4.72 Å². The number of rotatable bonds is 8. The van der Waals surface area contributed by atoms with E-state index in [2.05, 4.69) is 14.6 Å². The van der Waals surface area contributed by atoms with Crippen molar-refractivity contribution in [1.29, 1.82) is 0 Å². The van der Waals surface area contributed by atoms with Crippen molar-refractivity contribution in [2.75, 3.05) is 26.2 Å². The summed E-state index contributed by atoms with van der Waals surface area (Å²) in [5.41, 5.74) is -0.0490. The zero-order chi connectivity index (χ0) is 15.2. The Morgan fingerprint density at radius 1 is 1.35 bits per heavy atom. The number of hydrogen-bond acceptors (Lipinski definition) is 5. The van der Waals surface area contributed by atoms with Crippen LogP contribution in [0.5, 0.6) is 0 Å². The van der Waals surface area contributed by atoms with Crippen LogP contribution in [0.4, 0.5) is 0 Å². The van der Waals surface area contributed by atoms with Crippen molar-refractivity contribution < 1.29 is 18.3 Å². The first kappa shape index (κ1) is 16.5. The molecule has 0 aliphatic rings. The minimum Gasteiger partial charge on any atom is -0.478 e. The Bertz CT molecular complexity index is 538. The maximum Gasteiger partial charge on any atom is 0.337 e. The van der Waals surface area contributed by atoms with E-state index in [1.165, 1.54) is 12.1 Å². The topological polar surface area (TPSA) is 99.6 Å². The largest absolute Gasteiger partial charge is 0.478 e. The van der Waals surface area contributed by atoms with E-state index in [4.69, 9.17) is 5.11 Å². The Hall–Kier alpha value is -1.51. The second kappa shape index (κ2) is 7.32. The molecule has 7 nitrogen and oxygen atoms in total. The molecule has 0 saturated carbocycles. The zero-order valence-electron chi connectivity index (χ0n) is 11.5. The van der Waals surface area contributed by atoms with Gasteiger partial charge in [0.15, 0.2) is 5.03 Å². The molecule has 0 unspecified atom stereocenters. The molecule has 2 N–H and O–H groups in total. The third-order valence-electron chi connectivity index (χ3n) is 2.87. The molecular formula is C12H19N3O4S. The zero-order valence-corrected chi connectivity index (χ0v) is 12.4. The lowest BCUT2D eigenvalue weighted by molar-refractivity contribution is 0.0696. The molecule has 0 radical (unpaired) electrons. The fourth-order valence-corrected chi connectivity index (χ4v) is 2.56. The van der Waals surface area contributed by atoms with Crippen LogP contribution in [0.2, 0.25) is 0 Å². The molecule has 1 aromatic heterocycles. The molecule has 0 spiro atoms. The van der Waals surface area contributed by atoms with E-state index in [1.807, 2.05) is 13.8 Å². The van der Waals surface area contributed by atoms with Crippen LogP contribution >= 0.6 is 0 Å². The molecule has 0 fully saturated rings. The van der Waals surface area contributed by atoms with Gasteiger partial charge in [-0.3, -0.25) is 0 Å². The van der Waals surface area contributed by atoms with Gasteiger partial charge in [-0.25, -0.2) is 22.9 Å². The van der Waals surface area contributed by atoms with Gasteiger partial charge in [0.2, 0.25) is 0 Å². The number of likely N-dealkylation sites (N-methyl/N-ethyl adjacent to an activating group) is 1. The van der Waals surface area contributed by atoms with Crippen molar-refractivity contribution in [2.24, 2.45) is 0 Å². The fraction of sp³-hybridized carbons (Fsp3) is 0.500. The Kier molecular flexibility index (Phi) is 6.05. The van der Waals surface area contributed by atoms with Crippen molar-refractivity contribution in [1.82, 2.24) is 14.6 Å². The number of aromatic carboxylic acids is 1. The molecule has 8 heteroatoms. The van der Waals surface area contributed by atoms with Crippen molar-refractivity contribution in [3.05, 3.63) is 23.9 Å². The lowest BCUT2D eigenvalue weighted by Crippen LogP contribution is -2.35. The Morgan fingerprint density at radius 2 is 2.00 bits per heavy atom. The van der Waals surface area contributed by atoms with Gasteiger partial charge in [0.25, 0.3) is 10.0 Å². The fourth-order valence-electron chi connectivity index (χ4n) is 1.62. The van der Waals surface area contributed by atoms with E-state index in [-0.39, 0.29) is 17.1 Å². The van der Waals surface area contributed by atoms with Crippen LogP contribution in [0.1, 0.15) is 24.2 Å². The van der Waals surface area contributed by atoms with Crippen molar-refractivity contribution >= 4 is 16.0 Å². The number of carboxylic acid groups (broad SMARTS) is 1. The maximum absolute atomic E-state index is 11.9. The molecule has 0 aliphatic carbocycles. The van der Waals surface area contributed by atoms with E-state index in [1.54, 1.807) is 0 Å². The smallest absolute Gasteiger partial charge is 0.337 e. The summed E-state index contributed by atoms with van der Waals surface area (Å²) in [4.78, 5) is 16.4. The third kappa shape index (κ3) is 4.55. The summed E-state index contributed by atoms with van der Waals surface area (Å²) in [5, 5.41) is 8.55. The van der Waals surface area contributed by atoms with Gasteiger partial charge in [-0.2, -0.15) is 0 Å². The summed E-state index contributed by atoms with van der Waals surface area (Å²) < 4.78 is 26.3. The number of sulfonamides is 1. The van der Waals surface area contributed by atoms with E-state index in [0.717, 1.165) is 19.3 Å². The lowest BCUT2D eigenvalue weighted by atomic mass is 10.3. The highest BCUT2D eigenvalue weighted by Gasteiger charge is 2.16. The van der Waals surface area contributed by atoms with Crippen LogP contribution in [0.25, 0.3) is 0 Å². The highest BCUT2D eigenvalue weighted by molar-refractivity contribution is 7.89. The first-order valence-corrected chi connectivity index (χ1v) is 7.80. The van der Waals surface area contributed by atoms with Crippen LogP contribution in [-0.4, -0.2) is 55.6 Å². The Labute approximate surface area is 118 Å². The predicted octanol–water partition coefficient (Wildman–Crippen LogP) is 0.400. The second-order valence-electron chi connectivity index (χ2n) is 4.11. The summed E-state index contributed by atoms with van der Waals surface area (Å²) in [6.07, 6.45) is 1.03. The summed E-state index contributed by atoms with van der Waals surface area (Å²) in [6.45, 7) is 6.60.